The van der Waals surface area contributed by atoms with Crippen LogP contribution in [-0.2, 0) is 36.0 Å². The maximum atomic E-state index is 16.8. The molecule has 0 radical (unpaired) electrons. The van der Waals surface area contributed by atoms with Crippen LogP contribution in [0.1, 0.15) is 54.1 Å². The molecule has 1 fully saturated rings. The Hall–Kier alpha value is -5.37. The van der Waals surface area contributed by atoms with Gasteiger partial charge >= 0.3 is 5.97 Å². The zero-order valence-electron chi connectivity index (χ0n) is 32.7. The van der Waals surface area contributed by atoms with Crippen molar-refractivity contribution < 1.29 is 42.6 Å². The fourth-order valence-corrected chi connectivity index (χ4v) is 11.3. The average molecular weight is 794 g/mol. The Balaban J connectivity index is 1.31. The summed E-state index contributed by atoms with van der Waals surface area (Å²) >= 11 is 0. The van der Waals surface area contributed by atoms with E-state index < -0.39 is 31.6 Å². The van der Waals surface area contributed by atoms with E-state index in [1.807, 2.05) is 49.4 Å². The van der Waals surface area contributed by atoms with E-state index in [9.17, 15) is 19.5 Å². The molecule has 3 amide bonds. The monoisotopic (exact) mass is 793 g/mol. The van der Waals surface area contributed by atoms with Crippen molar-refractivity contribution in [1.82, 2.24) is 4.90 Å². The van der Waals surface area contributed by atoms with Crippen LogP contribution >= 0.6 is 0 Å². The van der Waals surface area contributed by atoms with Gasteiger partial charge in [-0.1, -0.05) is 61.5 Å². The minimum Gasteiger partial charge on any atom is -0.469 e. The van der Waals surface area contributed by atoms with E-state index in [-0.39, 0.29) is 62.8 Å². The van der Waals surface area contributed by atoms with E-state index in [0.29, 0.717) is 52.5 Å². The van der Waals surface area contributed by atoms with Crippen LogP contribution < -0.4 is 14.5 Å². The largest absolute Gasteiger partial charge is 0.469 e. The molecular formula is C44H48FN3O8Si. The number of ether oxygens (including phenoxy) is 3. The predicted molar refractivity (Wildman–Crippen MR) is 216 cm³/mol. The molecule has 11 nitrogen and oxygen atoms in total. The van der Waals surface area contributed by atoms with Gasteiger partial charge in [-0.15, -0.1) is 0 Å². The second-order valence-electron chi connectivity index (χ2n) is 15.4. The molecule has 1 spiro atoms. The van der Waals surface area contributed by atoms with Crippen LogP contribution in [0, 0.1) is 5.92 Å². The van der Waals surface area contributed by atoms with Gasteiger partial charge in [0.15, 0.2) is 11.4 Å². The highest BCUT2D eigenvalue weighted by atomic mass is 28.4. The van der Waals surface area contributed by atoms with Gasteiger partial charge < -0.3 is 33.2 Å². The molecule has 298 valence electrons. The highest BCUT2D eigenvalue weighted by Gasteiger charge is 2.67. The molecule has 0 saturated carbocycles. The van der Waals surface area contributed by atoms with E-state index in [4.69, 9.17) is 14.2 Å². The zero-order valence-corrected chi connectivity index (χ0v) is 33.7. The quantitative estimate of drug-likeness (QED) is 0.0634. The Bertz CT molecular complexity index is 2160. The van der Waals surface area contributed by atoms with Gasteiger partial charge in [0.05, 0.1) is 43.2 Å². The van der Waals surface area contributed by atoms with E-state index in [1.54, 1.807) is 77.5 Å². The van der Waals surface area contributed by atoms with Gasteiger partial charge in [-0.25, -0.2) is 0 Å². The average Bonchev–Trinajstić information content (AvgIpc) is 3.57. The summed E-state index contributed by atoms with van der Waals surface area (Å²) in [5.41, 5.74) is 0.745. The number of benzene rings is 4. The molecule has 1 saturated heterocycles. The number of amides is 3. The first-order valence-electron chi connectivity index (χ1n) is 19.4. The van der Waals surface area contributed by atoms with Crippen LogP contribution in [0.15, 0.2) is 97.1 Å². The lowest BCUT2D eigenvalue weighted by Crippen LogP contribution is -2.45. The molecule has 0 aromatic heterocycles. The summed E-state index contributed by atoms with van der Waals surface area (Å²) in [6.07, 6.45) is -0.0288. The summed E-state index contributed by atoms with van der Waals surface area (Å²) < 4.78 is 34.8. The lowest BCUT2D eigenvalue weighted by atomic mass is 9.82. The van der Waals surface area contributed by atoms with Gasteiger partial charge in [0.1, 0.15) is 5.75 Å². The minimum atomic E-state index is -3.66. The van der Waals surface area contributed by atoms with Crippen LogP contribution in [0.25, 0.3) is 0 Å². The molecular weight excluding hydrogens is 746 g/mol. The summed E-state index contributed by atoms with van der Waals surface area (Å²) in [6.45, 7) is 5.29. The van der Waals surface area contributed by atoms with Crippen LogP contribution in [0.4, 0.5) is 21.2 Å². The Morgan fingerprint density at radius 3 is 2.35 bits per heavy atom. The van der Waals surface area contributed by atoms with Crippen molar-refractivity contribution in [3.63, 3.8) is 0 Å². The number of para-hydroxylation sites is 3. The van der Waals surface area contributed by atoms with Crippen molar-refractivity contribution in [1.29, 1.82) is 0 Å². The van der Waals surface area contributed by atoms with Gasteiger partial charge in [-0.2, -0.15) is 0 Å². The van der Waals surface area contributed by atoms with Gasteiger partial charge in [0, 0.05) is 48.8 Å². The van der Waals surface area contributed by atoms with E-state index >= 15 is 8.90 Å². The van der Waals surface area contributed by atoms with Crippen molar-refractivity contribution >= 4 is 49.2 Å². The van der Waals surface area contributed by atoms with Gasteiger partial charge in [0.2, 0.25) is 14.3 Å². The van der Waals surface area contributed by atoms with Crippen molar-refractivity contribution in [3.05, 3.63) is 114 Å². The highest BCUT2D eigenvalue weighted by molar-refractivity contribution is 6.72. The van der Waals surface area contributed by atoms with Crippen LogP contribution in [-0.4, -0.2) is 75.0 Å². The van der Waals surface area contributed by atoms with E-state index in [1.165, 1.54) is 12.0 Å². The molecule has 1 N–H and O–H groups in total. The second-order valence-corrected chi connectivity index (χ2v) is 19.2. The SMILES string of the molecule is COC(=O)CCCCN1C(=O)[C@]2(O[C@H](CC(=O)N(CCO)Cc3ccccc3)[C@@H]([Si](C)(C)F)[C@@H]2C)c2cc(N3C(=O)c4ccccc4Oc4ccccc43)ccc21. The predicted octanol–water partition coefficient (Wildman–Crippen LogP) is 7.65. The molecule has 3 heterocycles. The van der Waals surface area contributed by atoms with E-state index in [0.717, 1.165) is 5.56 Å². The maximum absolute atomic E-state index is 16.8. The van der Waals surface area contributed by atoms with Crippen LogP contribution in [0.5, 0.6) is 11.5 Å². The summed E-state index contributed by atoms with van der Waals surface area (Å²) in [5, 5.41) is 9.92. The molecule has 3 aliphatic heterocycles. The van der Waals surface area contributed by atoms with Crippen molar-refractivity contribution in [2.24, 2.45) is 5.92 Å². The molecule has 4 aromatic rings. The lowest BCUT2D eigenvalue weighted by Gasteiger charge is -2.31. The highest BCUT2D eigenvalue weighted by Crippen LogP contribution is 2.61. The van der Waals surface area contributed by atoms with Crippen molar-refractivity contribution in [2.45, 2.75) is 69.5 Å². The lowest BCUT2D eigenvalue weighted by molar-refractivity contribution is -0.149. The smallest absolute Gasteiger partial charge is 0.305 e. The Morgan fingerprint density at radius 2 is 1.63 bits per heavy atom. The fourth-order valence-electron chi connectivity index (χ4n) is 8.82. The van der Waals surface area contributed by atoms with Crippen LogP contribution in [0.2, 0.25) is 18.6 Å². The second kappa shape index (κ2) is 16.2. The van der Waals surface area contributed by atoms with Gasteiger partial charge in [0.25, 0.3) is 11.8 Å². The number of esters is 1. The third-order valence-corrected chi connectivity index (χ3v) is 13.9. The molecule has 0 unspecified atom stereocenters. The summed E-state index contributed by atoms with van der Waals surface area (Å²) in [5.74, 6) is -1.23. The molecule has 0 aliphatic carbocycles. The molecule has 3 aliphatic rings. The number of hydrogen-bond acceptors (Lipinski definition) is 8. The first-order valence-corrected chi connectivity index (χ1v) is 22.4. The number of methoxy groups -OCH3 is 1. The minimum absolute atomic E-state index is 0.0743. The first kappa shape index (κ1) is 39.8. The number of aliphatic hydroxyl groups is 1. The third kappa shape index (κ3) is 7.47. The number of nitrogens with zero attached hydrogens (tertiary/aromatic N) is 3. The summed E-state index contributed by atoms with van der Waals surface area (Å²) in [6, 6.07) is 29.0. The standard InChI is InChI=1S/C44H48FN3O8Si/c1-29-41(57(3,4)45)38(27-39(50)46(24-25-49)28-30-14-6-5-7-15-30)56-44(29)33-26-31(21-22-34(33)47(43(44)53)23-13-12-20-40(51)54-2)48-35-17-9-11-19-37(35)55-36-18-10-8-16-32(36)42(48)52/h5-11,14-19,21-22,26,29,38,41,49H,12-13,20,23-25,27-28H2,1-4H3/t29-,38+,41-,44+/m0/s1. The molecule has 4 aromatic carbocycles. The fraction of sp³-hybridized carbons (Fsp3) is 0.364. The third-order valence-electron chi connectivity index (χ3n) is 11.4. The normalized spacial score (nSPS) is 21.1. The molecule has 4 atom stereocenters. The zero-order chi connectivity index (χ0) is 40.5. The van der Waals surface area contributed by atoms with Gasteiger partial charge in [-0.05, 0) is 74.0 Å². The summed E-state index contributed by atoms with van der Waals surface area (Å²) in [7, 11) is -2.33. The number of fused-ring (bicyclic) bond motifs is 4. The topological polar surface area (TPSA) is 126 Å². The number of unbranched alkanes of at least 4 members (excludes halogenated alkanes) is 1. The molecule has 7 rings (SSSR count). The molecule has 57 heavy (non-hydrogen) atoms. The first-order chi connectivity index (χ1) is 27.4. The Morgan fingerprint density at radius 1 is 0.930 bits per heavy atom. The Kier molecular flexibility index (Phi) is 11.4. The molecule has 13 heteroatoms. The van der Waals surface area contributed by atoms with Gasteiger partial charge in [-0.3, -0.25) is 24.1 Å². The number of rotatable bonds is 13. The summed E-state index contributed by atoms with van der Waals surface area (Å²) in [4.78, 5) is 60.3. The number of anilines is 3. The van der Waals surface area contributed by atoms with Crippen molar-refractivity contribution in [3.8, 4) is 11.5 Å². The molecule has 0 bridgehead atoms. The Labute approximate surface area is 333 Å². The number of aliphatic hydroxyl groups excluding tert-OH is 1. The number of hydrogen-bond donors (Lipinski definition) is 1. The van der Waals surface area contributed by atoms with Crippen LogP contribution in [0.3, 0.4) is 0 Å². The number of halogens is 1. The van der Waals surface area contributed by atoms with E-state index in [2.05, 4.69) is 0 Å². The van der Waals surface area contributed by atoms with Crippen molar-refractivity contribution in [2.75, 3.05) is 36.6 Å². The number of carbonyl (C=O) groups is 4. The maximum Gasteiger partial charge on any atom is 0.305 e. The number of carbonyl (C=O) groups excluding carboxylic acids is 4.